The number of ether oxygens (including phenoxy) is 1. The molecule has 0 spiro atoms. The Morgan fingerprint density at radius 2 is 1.60 bits per heavy atom. The monoisotopic (exact) mass is 692 g/mol. The van der Waals surface area contributed by atoms with E-state index < -0.39 is 53.8 Å². The van der Waals surface area contributed by atoms with Gasteiger partial charge in [0.1, 0.15) is 24.2 Å². The van der Waals surface area contributed by atoms with Gasteiger partial charge in [-0.15, -0.1) is 0 Å². The molecule has 272 valence electrons. The molecule has 1 fully saturated rings. The summed E-state index contributed by atoms with van der Waals surface area (Å²) < 4.78 is 4.78. The van der Waals surface area contributed by atoms with Crippen molar-refractivity contribution in [3.8, 4) is 11.1 Å². The Balaban J connectivity index is 1.73. The second-order valence-corrected chi connectivity index (χ2v) is 12.6. The molecular formula is C37H52N6O7. The van der Waals surface area contributed by atoms with Crippen molar-refractivity contribution in [1.82, 2.24) is 26.6 Å². The van der Waals surface area contributed by atoms with Crippen LogP contribution in [0.2, 0.25) is 0 Å². The zero-order valence-corrected chi connectivity index (χ0v) is 29.3. The van der Waals surface area contributed by atoms with Gasteiger partial charge in [0.2, 0.25) is 23.6 Å². The number of aryl methyl sites for hydroxylation is 1. The Labute approximate surface area is 294 Å². The number of amides is 5. The zero-order valence-electron chi connectivity index (χ0n) is 29.3. The third kappa shape index (κ3) is 12.6. The van der Waals surface area contributed by atoms with E-state index in [4.69, 9.17) is 10.5 Å². The van der Waals surface area contributed by atoms with Crippen LogP contribution in [0.4, 0.5) is 0 Å². The van der Waals surface area contributed by atoms with Gasteiger partial charge in [-0.3, -0.25) is 24.0 Å². The van der Waals surface area contributed by atoms with Crippen LogP contribution in [0.25, 0.3) is 11.1 Å². The van der Waals surface area contributed by atoms with Gasteiger partial charge in [0.05, 0.1) is 7.11 Å². The van der Waals surface area contributed by atoms with Crippen molar-refractivity contribution in [1.29, 1.82) is 0 Å². The molecule has 0 radical (unpaired) electrons. The number of esters is 1. The molecule has 50 heavy (non-hydrogen) atoms. The Hall–Kier alpha value is -4.78. The number of hydrogen-bond donors (Lipinski definition) is 6. The second kappa shape index (κ2) is 20.7. The van der Waals surface area contributed by atoms with Gasteiger partial charge in [0.25, 0.3) is 5.91 Å². The van der Waals surface area contributed by atoms with E-state index in [9.17, 15) is 28.8 Å². The van der Waals surface area contributed by atoms with E-state index in [1.54, 1.807) is 12.1 Å². The first-order chi connectivity index (χ1) is 24.1. The fourth-order valence-corrected chi connectivity index (χ4v) is 5.57. The van der Waals surface area contributed by atoms with E-state index >= 15 is 0 Å². The van der Waals surface area contributed by atoms with Crippen LogP contribution >= 0.6 is 0 Å². The minimum Gasteiger partial charge on any atom is -0.467 e. The molecule has 7 N–H and O–H groups in total. The molecule has 13 heteroatoms. The van der Waals surface area contributed by atoms with Crippen molar-refractivity contribution in [3.63, 3.8) is 0 Å². The lowest BCUT2D eigenvalue weighted by molar-refractivity contribution is -0.145. The van der Waals surface area contributed by atoms with Crippen LogP contribution in [0, 0.1) is 0 Å². The van der Waals surface area contributed by atoms with Gasteiger partial charge in [0.15, 0.2) is 0 Å². The van der Waals surface area contributed by atoms with Crippen LogP contribution < -0.4 is 32.3 Å². The highest BCUT2D eigenvalue weighted by Gasteiger charge is 2.30. The molecule has 5 amide bonds. The molecule has 3 rings (SSSR count). The lowest BCUT2D eigenvalue weighted by atomic mass is 10.0. The minimum atomic E-state index is -1.19. The number of nitrogens with one attached hydrogen (secondary N) is 5. The molecule has 0 saturated carbocycles. The molecule has 0 bridgehead atoms. The van der Waals surface area contributed by atoms with Crippen molar-refractivity contribution < 1.29 is 33.5 Å². The molecule has 0 aromatic heterocycles. The molecule has 4 atom stereocenters. The van der Waals surface area contributed by atoms with E-state index in [2.05, 4.69) is 57.8 Å². The van der Waals surface area contributed by atoms with Crippen LogP contribution in [-0.4, -0.2) is 79.9 Å². The topological polar surface area (TPSA) is 198 Å². The van der Waals surface area contributed by atoms with Gasteiger partial charge in [-0.05, 0) is 93.7 Å². The van der Waals surface area contributed by atoms with E-state index in [1.807, 2.05) is 12.1 Å². The summed E-state index contributed by atoms with van der Waals surface area (Å²) in [5.41, 5.74) is 9.31. The van der Waals surface area contributed by atoms with E-state index in [0.29, 0.717) is 31.4 Å². The molecule has 1 aliphatic heterocycles. The first-order valence-corrected chi connectivity index (χ1v) is 17.5. The van der Waals surface area contributed by atoms with Crippen LogP contribution in [0.1, 0.15) is 87.6 Å². The third-order valence-corrected chi connectivity index (χ3v) is 8.66. The Morgan fingerprint density at radius 1 is 0.920 bits per heavy atom. The maximum absolute atomic E-state index is 13.6. The summed E-state index contributed by atoms with van der Waals surface area (Å²) in [5, 5.41) is 13.4. The average molecular weight is 693 g/mol. The molecule has 2 aromatic rings. The largest absolute Gasteiger partial charge is 0.467 e. The van der Waals surface area contributed by atoms with Gasteiger partial charge in [-0.1, -0.05) is 49.7 Å². The predicted molar refractivity (Wildman–Crippen MR) is 190 cm³/mol. The molecule has 2 aromatic carbocycles. The normalized spacial score (nSPS) is 19.5. The predicted octanol–water partition coefficient (Wildman–Crippen LogP) is 2.26. The highest BCUT2D eigenvalue weighted by Crippen LogP contribution is 2.21. The van der Waals surface area contributed by atoms with Crippen molar-refractivity contribution in [2.75, 3.05) is 20.2 Å². The standard InChI is InChI=1S/C37H52N6O7/c1-4-5-9-25-12-14-26(15-13-25)27-16-18-28(19-17-27)34(46)41-29(10-6-7-22-38)36(48)42-30-20-21-32(44)39-23-8-11-31(37(49)50-3)43-33(45)24(2)40-35(30)47/h12-19,24,29-31H,4-11,20-23,38H2,1-3H3,(H,39,44)(H,40,47)(H,41,46)(H,42,48)(H,43,45)/t24-,29-,30-,31-/m0/s1. The highest BCUT2D eigenvalue weighted by molar-refractivity contribution is 5.99. The number of rotatable bonds is 13. The summed E-state index contributed by atoms with van der Waals surface area (Å²) in [4.78, 5) is 78.0. The summed E-state index contributed by atoms with van der Waals surface area (Å²) in [7, 11) is 1.20. The van der Waals surface area contributed by atoms with Gasteiger partial charge >= 0.3 is 5.97 Å². The smallest absolute Gasteiger partial charge is 0.328 e. The molecule has 1 saturated heterocycles. The summed E-state index contributed by atoms with van der Waals surface area (Å²) in [6.07, 6.45) is 5.22. The van der Waals surface area contributed by atoms with Gasteiger partial charge in [0, 0.05) is 18.5 Å². The maximum atomic E-state index is 13.6. The van der Waals surface area contributed by atoms with E-state index in [1.165, 1.54) is 19.6 Å². The van der Waals surface area contributed by atoms with E-state index in [-0.39, 0.29) is 38.1 Å². The fraction of sp³-hybridized carbons (Fsp3) is 0.514. The SMILES string of the molecule is CCCCc1ccc(-c2ccc(C(=O)N[C@@H](CCCCN)C(=O)N[C@H]3CCC(=O)NCCC[C@@H](C(=O)OC)NC(=O)[C@H](C)NC3=O)cc2)cc1. The summed E-state index contributed by atoms with van der Waals surface area (Å²) in [6, 6.07) is 11.3. The van der Waals surface area contributed by atoms with Crippen molar-refractivity contribution in [2.45, 2.75) is 102 Å². The first-order valence-electron chi connectivity index (χ1n) is 17.5. The lowest BCUT2D eigenvalue weighted by Gasteiger charge is -2.25. The van der Waals surface area contributed by atoms with Gasteiger partial charge in [-0.2, -0.15) is 0 Å². The number of nitrogens with two attached hydrogens (primary N) is 1. The van der Waals surface area contributed by atoms with Crippen LogP contribution in [-0.2, 0) is 35.1 Å². The summed E-state index contributed by atoms with van der Waals surface area (Å²) in [5.74, 6) is -3.36. The number of carbonyl (C=O) groups excluding carboxylic acids is 6. The van der Waals surface area contributed by atoms with Gasteiger partial charge in [-0.25, -0.2) is 4.79 Å². The van der Waals surface area contributed by atoms with Gasteiger partial charge < -0.3 is 37.1 Å². The number of methoxy groups -OCH3 is 1. The zero-order chi connectivity index (χ0) is 36.5. The molecule has 1 heterocycles. The second-order valence-electron chi connectivity index (χ2n) is 12.6. The average Bonchev–Trinajstić information content (AvgIpc) is 3.12. The molecule has 1 aliphatic rings. The van der Waals surface area contributed by atoms with E-state index in [0.717, 1.165) is 30.4 Å². The van der Waals surface area contributed by atoms with Crippen LogP contribution in [0.3, 0.4) is 0 Å². The minimum absolute atomic E-state index is 0.0486. The molecule has 0 unspecified atom stereocenters. The molecule has 13 nitrogen and oxygen atoms in total. The number of hydrogen-bond acceptors (Lipinski definition) is 8. The third-order valence-electron chi connectivity index (χ3n) is 8.66. The number of benzene rings is 2. The lowest BCUT2D eigenvalue weighted by Crippen LogP contribution is -2.57. The van der Waals surface area contributed by atoms with Crippen LogP contribution in [0.15, 0.2) is 48.5 Å². The quantitative estimate of drug-likeness (QED) is 0.136. The fourth-order valence-electron chi connectivity index (χ4n) is 5.57. The molecule has 0 aliphatic carbocycles. The Kier molecular flexibility index (Phi) is 16.4. The Bertz CT molecular complexity index is 1450. The number of carbonyl (C=O) groups is 6. The first kappa shape index (κ1) is 39.7. The summed E-state index contributed by atoms with van der Waals surface area (Å²) >= 11 is 0. The number of unbranched alkanes of at least 4 members (excludes halogenated alkanes) is 2. The Morgan fingerprint density at radius 3 is 2.24 bits per heavy atom. The van der Waals surface area contributed by atoms with Crippen molar-refractivity contribution in [2.24, 2.45) is 5.73 Å². The molecular weight excluding hydrogens is 640 g/mol. The van der Waals surface area contributed by atoms with Crippen molar-refractivity contribution in [3.05, 3.63) is 59.7 Å². The van der Waals surface area contributed by atoms with Crippen LogP contribution in [0.5, 0.6) is 0 Å². The van der Waals surface area contributed by atoms with Crippen molar-refractivity contribution >= 4 is 35.5 Å². The maximum Gasteiger partial charge on any atom is 0.328 e. The highest BCUT2D eigenvalue weighted by atomic mass is 16.5. The summed E-state index contributed by atoms with van der Waals surface area (Å²) in [6.45, 7) is 4.25.